The summed E-state index contributed by atoms with van der Waals surface area (Å²) in [6.07, 6.45) is 9.14. The van der Waals surface area contributed by atoms with E-state index in [0.29, 0.717) is 0 Å². The van der Waals surface area contributed by atoms with Crippen molar-refractivity contribution in [1.29, 1.82) is 0 Å². The second-order valence-corrected chi connectivity index (χ2v) is 3.96. The molecule has 0 radical (unpaired) electrons. The Kier molecular flexibility index (Phi) is 5.45. The lowest BCUT2D eigenvalue weighted by Gasteiger charge is -1.98. The summed E-state index contributed by atoms with van der Waals surface area (Å²) in [5, 5.41) is 7.31. The lowest BCUT2D eigenvalue weighted by atomic mass is 10.3. The second kappa shape index (κ2) is 8.00. The SMILES string of the molecule is O=C(N/N=C\c1ccncc1)C(=O)N/N=C\c1ccncc1. The Balaban J connectivity index is 1.79. The molecule has 2 aromatic rings. The molecule has 0 aromatic carbocycles. The van der Waals surface area contributed by atoms with Gasteiger partial charge in [0.2, 0.25) is 0 Å². The third kappa shape index (κ3) is 4.93. The van der Waals surface area contributed by atoms with Crippen LogP contribution in [0.4, 0.5) is 0 Å². The van der Waals surface area contributed by atoms with Crippen LogP contribution in [-0.4, -0.2) is 34.2 Å². The molecular formula is C14H12N6O2. The molecule has 0 fully saturated rings. The van der Waals surface area contributed by atoms with Crippen molar-refractivity contribution in [2.24, 2.45) is 10.2 Å². The largest absolute Gasteiger partial charge is 0.331 e. The van der Waals surface area contributed by atoms with Crippen molar-refractivity contribution < 1.29 is 9.59 Å². The predicted molar refractivity (Wildman–Crippen MR) is 79.9 cm³/mol. The first kappa shape index (κ1) is 15.0. The van der Waals surface area contributed by atoms with E-state index < -0.39 is 11.8 Å². The highest BCUT2D eigenvalue weighted by Gasteiger charge is 2.10. The Labute approximate surface area is 126 Å². The van der Waals surface area contributed by atoms with Crippen LogP contribution in [0.3, 0.4) is 0 Å². The number of hydrogen-bond donors (Lipinski definition) is 2. The van der Waals surface area contributed by atoms with Gasteiger partial charge in [-0.05, 0) is 35.4 Å². The van der Waals surface area contributed by atoms with Crippen LogP contribution in [0, 0.1) is 0 Å². The fraction of sp³-hybridized carbons (Fsp3) is 0. The molecule has 2 heterocycles. The highest BCUT2D eigenvalue weighted by Crippen LogP contribution is 1.91. The molecule has 0 aliphatic heterocycles. The quantitative estimate of drug-likeness (QED) is 0.473. The topological polar surface area (TPSA) is 109 Å². The molecule has 2 aromatic heterocycles. The molecule has 0 spiro atoms. The van der Waals surface area contributed by atoms with Gasteiger partial charge in [0.05, 0.1) is 12.4 Å². The van der Waals surface area contributed by atoms with Crippen LogP contribution < -0.4 is 10.9 Å². The zero-order valence-corrected chi connectivity index (χ0v) is 11.4. The number of hydrogen-bond acceptors (Lipinski definition) is 6. The number of pyridine rings is 2. The van der Waals surface area contributed by atoms with E-state index in [9.17, 15) is 9.59 Å². The van der Waals surface area contributed by atoms with Gasteiger partial charge in [-0.1, -0.05) is 0 Å². The summed E-state index contributed by atoms with van der Waals surface area (Å²) in [6, 6.07) is 6.81. The highest BCUT2D eigenvalue weighted by atomic mass is 16.2. The Morgan fingerprint density at radius 2 is 1.14 bits per heavy atom. The number of amides is 2. The monoisotopic (exact) mass is 296 g/mol. The molecule has 22 heavy (non-hydrogen) atoms. The van der Waals surface area contributed by atoms with E-state index in [1.807, 2.05) is 0 Å². The maximum Gasteiger partial charge on any atom is 0.331 e. The molecule has 0 saturated carbocycles. The molecule has 2 rings (SSSR count). The van der Waals surface area contributed by atoms with Gasteiger partial charge in [0.25, 0.3) is 0 Å². The lowest BCUT2D eigenvalue weighted by Crippen LogP contribution is -2.35. The van der Waals surface area contributed by atoms with Crippen molar-refractivity contribution in [2.75, 3.05) is 0 Å². The second-order valence-electron chi connectivity index (χ2n) is 3.96. The van der Waals surface area contributed by atoms with Crippen LogP contribution in [0.1, 0.15) is 11.1 Å². The molecule has 110 valence electrons. The van der Waals surface area contributed by atoms with Crippen molar-refractivity contribution in [1.82, 2.24) is 20.8 Å². The summed E-state index contributed by atoms with van der Waals surface area (Å²) in [5.74, 6) is -1.84. The number of nitrogens with zero attached hydrogens (tertiary/aromatic N) is 4. The molecule has 0 aliphatic rings. The van der Waals surface area contributed by atoms with Gasteiger partial charge in [-0.15, -0.1) is 0 Å². The van der Waals surface area contributed by atoms with Crippen molar-refractivity contribution in [3.05, 3.63) is 60.2 Å². The van der Waals surface area contributed by atoms with Crippen molar-refractivity contribution in [2.45, 2.75) is 0 Å². The van der Waals surface area contributed by atoms with Gasteiger partial charge in [0.15, 0.2) is 0 Å². The van der Waals surface area contributed by atoms with Crippen LogP contribution in [0.2, 0.25) is 0 Å². The third-order valence-electron chi connectivity index (χ3n) is 2.38. The molecule has 0 unspecified atom stereocenters. The van der Waals surface area contributed by atoms with E-state index in [2.05, 4.69) is 31.0 Å². The van der Waals surface area contributed by atoms with E-state index in [1.165, 1.54) is 12.4 Å². The molecular weight excluding hydrogens is 284 g/mol. The first-order valence-electron chi connectivity index (χ1n) is 6.22. The minimum absolute atomic E-state index is 0.742. The van der Waals surface area contributed by atoms with Gasteiger partial charge in [0.1, 0.15) is 0 Å². The highest BCUT2D eigenvalue weighted by molar-refractivity contribution is 6.35. The van der Waals surface area contributed by atoms with Crippen LogP contribution >= 0.6 is 0 Å². The van der Waals surface area contributed by atoms with Gasteiger partial charge in [-0.2, -0.15) is 10.2 Å². The molecule has 8 heteroatoms. The standard InChI is InChI=1S/C14H12N6O2/c21-13(19-17-9-11-1-5-15-6-2-11)14(22)20-18-10-12-3-7-16-8-4-12/h1-10H,(H,19,21)(H,20,22)/b17-9-,18-10-. The number of aromatic nitrogens is 2. The van der Waals surface area contributed by atoms with Gasteiger partial charge in [-0.25, -0.2) is 10.9 Å². The molecule has 2 amide bonds. The van der Waals surface area contributed by atoms with E-state index in [0.717, 1.165) is 11.1 Å². The molecule has 8 nitrogen and oxygen atoms in total. The minimum atomic E-state index is -0.919. The average Bonchev–Trinajstić information content (AvgIpc) is 2.56. The molecule has 0 bridgehead atoms. The number of nitrogens with one attached hydrogen (secondary N) is 2. The van der Waals surface area contributed by atoms with Gasteiger partial charge in [-0.3, -0.25) is 19.6 Å². The zero-order chi connectivity index (χ0) is 15.6. The smallest absolute Gasteiger partial charge is 0.265 e. The maximum absolute atomic E-state index is 11.4. The normalized spacial score (nSPS) is 10.7. The minimum Gasteiger partial charge on any atom is -0.265 e. The Hall–Kier alpha value is -3.42. The fourth-order valence-electron chi connectivity index (χ4n) is 1.33. The first-order valence-corrected chi connectivity index (χ1v) is 6.22. The molecule has 0 saturated heterocycles. The van der Waals surface area contributed by atoms with Gasteiger partial charge < -0.3 is 0 Å². The van der Waals surface area contributed by atoms with Crippen LogP contribution in [0.15, 0.2) is 59.3 Å². The van der Waals surface area contributed by atoms with E-state index in [1.54, 1.807) is 49.1 Å². The van der Waals surface area contributed by atoms with Gasteiger partial charge >= 0.3 is 11.8 Å². The van der Waals surface area contributed by atoms with Crippen molar-refractivity contribution in [3.8, 4) is 0 Å². The fourth-order valence-corrected chi connectivity index (χ4v) is 1.33. The van der Waals surface area contributed by atoms with Crippen LogP contribution in [0.25, 0.3) is 0 Å². The number of carbonyl (C=O) groups is 2. The summed E-state index contributed by atoms with van der Waals surface area (Å²) in [7, 11) is 0. The Bertz CT molecular complexity index is 623. The Morgan fingerprint density at radius 1 is 0.773 bits per heavy atom. The van der Waals surface area contributed by atoms with Crippen LogP contribution in [0.5, 0.6) is 0 Å². The Morgan fingerprint density at radius 3 is 1.50 bits per heavy atom. The first-order chi connectivity index (χ1) is 10.8. The summed E-state index contributed by atoms with van der Waals surface area (Å²) in [5.41, 5.74) is 5.67. The number of carbonyl (C=O) groups excluding carboxylic acids is 2. The summed E-state index contributed by atoms with van der Waals surface area (Å²) >= 11 is 0. The van der Waals surface area contributed by atoms with E-state index in [4.69, 9.17) is 0 Å². The molecule has 0 atom stereocenters. The zero-order valence-electron chi connectivity index (χ0n) is 11.4. The summed E-state index contributed by atoms with van der Waals surface area (Å²) in [4.78, 5) is 30.6. The number of hydrazone groups is 2. The molecule has 0 aliphatic carbocycles. The number of rotatable bonds is 4. The van der Waals surface area contributed by atoms with E-state index in [-0.39, 0.29) is 0 Å². The van der Waals surface area contributed by atoms with Gasteiger partial charge in [0, 0.05) is 24.8 Å². The van der Waals surface area contributed by atoms with E-state index >= 15 is 0 Å². The molecule has 2 N–H and O–H groups in total. The van der Waals surface area contributed by atoms with Crippen molar-refractivity contribution in [3.63, 3.8) is 0 Å². The third-order valence-corrected chi connectivity index (χ3v) is 2.38. The summed E-state index contributed by atoms with van der Waals surface area (Å²) in [6.45, 7) is 0. The predicted octanol–water partition coefficient (Wildman–Crippen LogP) is 0.0770. The lowest BCUT2D eigenvalue weighted by molar-refractivity contribution is -0.139. The maximum atomic E-state index is 11.4. The average molecular weight is 296 g/mol. The van der Waals surface area contributed by atoms with Crippen LogP contribution in [-0.2, 0) is 9.59 Å². The van der Waals surface area contributed by atoms with Crippen molar-refractivity contribution >= 4 is 24.2 Å². The summed E-state index contributed by atoms with van der Waals surface area (Å²) < 4.78 is 0.